The standard InChI is InChI=1S/C24H24F4N8O2/c25-17(26)7-13(12-1-2-14-21(20(12)28)35-19(37)9-31-14)16-8-30-5-6-36(16)15-3-4-18(27)34-22(15)24(23(29)38)10-32-33-11-24/h1-4,9-10,13,16-17,30,33H,5-8,11H2,(H2,29,38)(H,35,37). The van der Waals surface area contributed by atoms with Gasteiger partial charge < -0.3 is 26.4 Å². The molecule has 2 aromatic heterocycles. The molecule has 38 heavy (non-hydrogen) atoms. The van der Waals surface area contributed by atoms with E-state index in [0.29, 0.717) is 12.2 Å². The van der Waals surface area contributed by atoms with E-state index in [1.807, 2.05) is 0 Å². The van der Waals surface area contributed by atoms with E-state index >= 15 is 4.39 Å². The smallest absolute Gasteiger partial charge is 0.266 e. The maximum Gasteiger partial charge on any atom is 0.266 e. The lowest BCUT2D eigenvalue weighted by molar-refractivity contribution is -0.120. The first-order valence-corrected chi connectivity index (χ1v) is 11.9. The van der Waals surface area contributed by atoms with Crippen LogP contribution >= 0.6 is 0 Å². The van der Waals surface area contributed by atoms with Gasteiger partial charge in [-0.3, -0.25) is 9.59 Å². The average Bonchev–Trinajstić information content (AvgIpc) is 3.40. The minimum Gasteiger partial charge on any atom is -0.368 e. The zero-order valence-corrected chi connectivity index (χ0v) is 19.9. The first-order valence-electron chi connectivity index (χ1n) is 11.9. The van der Waals surface area contributed by atoms with Crippen molar-refractivity contribution in [2.75, 3.05) is 31.1 Å². The zero-order valence-electron chi connectivity index (χ0n) is 19.9. The summed E-state index contributed by atoms with van der Waals surface area (Å²) in [6, 6.07) is 4.57. The Morgan fingerprint density at radius 2 is 2.05 bits per heavy atom. The van der Waals surface area contributed by atoms with Crippen LogP contribution in [0, 0.1) is 11.8 Å². The molecule has 2 aliphatic heterocycles. The van der Waals surface area contributed by atoms with Gasteiger partial charge in [-0.05, 0) is 23.8 Å². The van der Waals surface area contributed by atoms with Gasteiger partial charge in [0.1, 0.15) is 10.9 Å². The zero-order chi connectivity index (χ0) is 27.0. The molecular weight excluding hydrogens is 508 g/mol. The van der Waals surface area contributed by atoms with Gasteiger partial charge in [-0.1, -0.05) is 6.07 Å². The van der Waals surface area contributed by atoms with E-state index in [-0.39, 0.29) is 41.9 Å². The molecule has 0 aliphatic carbocycles. The number of nitrogens with one attached hydrogen (secondary N) is 3. The highest BCUT2D eigenvalue weighted by Crippen LogP contribution is 2.39. The number of anilines is 1. The molecule has 1 fully saturated rings. The van der Waals surface area contributed by atoms with E-state index in [4.69, 9.17) is 5.73 Å². The highest BCUT2D eigenvalue weighted by Gasteiger charge is 2.46. The fourth-order valence-corrected chi connectivity index (χ4v) is 5.22. The van der Waals surface area contributed by atoms with Crippen molar-refractivity contribution in [1.82, 2.24) is 25.7 Å². The van der Waals surface area contributed by atoms with Crippen molar-refractivity contribution in [2.24, 2.45) is 10.8 Å². The van der Waals surface area contributed by atoms with Crippen molar-refractivity contribution in [1.29, 1.82) is 0 Å². The van der Waals surface area contributed by atoms with Crippen LogP contribution in [-0.4, -0.2) is 65.7 Å². The van der Waals surface area contributed by atoms with E-state index in [0.717, 1.165) is 12.3 Å². The minimum atomic E-state index is -2.79. The van der Waals surface area contributed by atoms with Crippen molar-refractivity contribution in [3.8, 4) is 0 Å². The number of hydrazone groups is 1. The Bertz CT molecular complexity index is 1470. The lowest BCUT2D eigenvalue weighted by Gasteiger charge is -2.44. The molecule has 3 unspecified atom stereocenters. The summed E-state index contributed by atoms with van der Waals surface area (Å²) in [5.41, 5.74) is 6.36. The van der Waals surface area contributed by atoms with Gasteiger partial charge in [-0.2, -0.15) is 9.49 Å². The van der Waals surface area contributed by atoms with Crippen molar-refractivity contribution in [3.63, 3.8) is 0 Å². The number of nitrogens with two attached hydrogens (primary N) is 1. The Morgan fingerprint density at radius 1 is 1.24 bits per heavy atom. The number of carbonyl (C=O) groups excluding carboxylic acids is 1. The number of carbonyl (C=O) groups is 1. The normalized spacial score (nSPS) is 22.1. The monoisotopic (exact) mass is 532 g/mol. The number of benzene rings is 1. The molecule has 1 saturated heterocycles. The number of amides is 1. The van der Waals surface area contributed by atoms with Crippen LogP contribution in [0.4, 0.5) is 23.2 Å². The van der Waals surface area contributed by atoms with Gasteiger partial charge in [-0.25, -0.2) is 23.1 Å². The van der Waals surface area contributed by atoms with Crippen LogP contribution in [0.2, 0.25) is 0 Å². The van der Waals surface area contributed by atoms with E-state index < -0.39 is 53.5 Å². The Labute approximate surface area is 213 Å². The average molecular weight is 533 g/mol. The molecule has 4 heterocycles. The third-order valence-electron chi connectivity index (χ3n) is 7.04. The number of alkyl halides is 2. The van der Waals surface area contributed by atoms with E-state index in [9.17, 15) is 22.8 Å². The molecule has 0 spiro atoms. The number of aromatic amines is 1. The van der Waals surface area contributed by atoms with Crippen molar-refractivity contribution < 1.29 is 22.4 Å². The fraction of sp³-hybridized carbons (Fsp3) is 0.375. The number of H-pyrrole nitrogens is 1. The molecule has 1 aromatic carbocycles. The minimum absolute atomic E-state index is 0.0195. The molecule has 1 amide bonds. The van der Waals surface area contributed by atoms with Crippen LogP contribution in [0.25, 0.3) is 11.0 Å². The summed E-state index contributed by atoms with van der Waals surface area (Å²) in [7, 11) is 0. The molecule has 0 saturated carbocycles. The molecular formula is C24H24F4N8O2. The van der Waals surface area contributed by atoms with Crippen LogP contribution in [0.3, 0.4) is 0 Å². The number of pyridine rings is 1. The summed E-state index contributed by atoms with van der Waals surface area (Å²) >= 11 is 0. The summed E-state index contributed by atoms with van der Waals surface area (Å²) in [5.74, 6) is -3.62. The van der Waals surface area contributed by atoms with Crippen LogP contribution in [0.1, 0.15) is 23.6 Å². The summed E-state index contributed by atoms with van der Waals surface area (Å²) < 4.78 is 58.0. The molecule has 200 valence electrons. The Morgan fingerprint density at radius 3 is 2.76 bits per heavy atom. The topological polar surface area (TPSA) is 141 Å². The first-order chi connectivity index (χ1) is 18.2. The Hall–Kier alpha value is -4.07. The number of hydrogen-bond acceptors (Lipinski definition) is 8. The first kappa shape index (κ1) is 25.6. The second kappa shape index (κ2) is 10.0. The number of halogens is 4. The SMILES string of the molecule is NC(=O)C1(c2nc(F)ccc2N2CCNCC2C(CC(F)F)c2ccc3ncc(=O)[nH]c3c2F)C=NNC1. The number of primary amides is 1. The third kappa shape index (κ3) is 4.44. The number of piperazine rings is 1. The number of hydrogen-bond donors (Lipinski definition) is 4. The summed E-state index contributed by atoms with van der Waals surface area (Å²) in [6.45, 7) is 0.799. The Kier molecular flexibility index (Phi) is 6.73. The summed E-state index contributed by atoms with van der Waals surface area (Å²) in [6.07, 6.45) is -1.24. The van der Waals surface area contributed by atoms with Gasteiger partial charge in [0.25, 0.3) is 5.56 Å². The van der Waals surface area contributed by atoms with Crippen LogP contribution < -0.4 is 26.9 Å². The molecule has 0 radical (unpaired) electrons. The van der Waals surface area contributed by atoms with Crippen LogP contribution in [-0.2, 0) is 10.2 Å². The highest BCUT2D eigenvalue weighted by atomic mass is 19.3. The summed E-state index contributed by atoms with van der Waals surface area (Å²) in [4.78, 5) is 36.4. The third-order valence-corrected chi connectivity index (χ3v) is 7.04. The van der Waals surface area contributed by atoms with Gasteiger partial charge in [-0.15, -0.1) is 0 Å². The quantitative estimate of drug-likeness (QED) is 0.264. The number of nitrogens with zero attached hydrogens (tertiary/aromatic N) is 4. The molecule has 14 heteroatoms. The van der Waals surface area contributed by atoms with E-state index in [1.165, 1.54) is 24.4 Å². The van der Waals surface area contributed by atoms with Gasteiger partial charge in [0.05, 0.1) is 29.6 Å². The number of rotatable bonds is 7. The molecule has 3 aromatic rings. The van der Waals surface area contributed by atoms with Crippen molar-refractivity contribution in [3.05, 3.63) is 63.8 Å². The number of fused-ring (bicyclic) bond motifs is 1. The van der Waals surface area contributed by atoms with Gasteiger partial charge >= 0.3 is 0 Å². The van der Waals surface area contributed by atoms with E-state index in [1.54, 1.807) is 4.90 Å². The van der Waals surface area contributed by atoms with Crippen LogP contribution in [0.15, 0.2) is 40.4 Å². The highest BCUT2D eigenvalue weighted by molar-refractivity contribution is 6.06. The predicted octanol–water partition coefficient (Wildman–Crippen LogP) is 1.13. The second-order valence-electron chi connectivity index (χ2n) is 9.24. The van der Waals surface area contributed by atoms with Crippen molar-refractivity contribution >= 4 is 28.8 Å². The van der Waals surface area contributed by atoms with Gasteiger partial charge in [0, 0.05) is 44.2 Å². The van der Waals surface area contributed by atoms with Crippen LogP contribution in [0.5, 0.6) is 0 Å². The maximum atomic E-state index is 15.7. The number of aromatic nitrogens is 3. The molecule has 5 rings (SSSR count). The largest absolute Gasteiger partial charge is 0.368 e. The van der Waals surface area contributed by atoms with Gasteiger partial charge in [0.2, 0.25) is 18.3 Å². The maximum absolute atomic E-state index is 15.7. The molecule has 2 aliphatic rings. The molecule has 0 bridgehead atoms. The molecule has 3 atom stereocenters. The molecule has 5 N–H and O–H groups in total. The summed E-state index contributed by atoms with van der Waals surface area (Å²) in [5, 5.41) is 7.04. The Balaban J connectivity index is 1.65. The fourth-order valence-electron chi connectivity index (χ4n) is 5.22. The van der Waals surface area contributed by atoms with Crippen molar-refractivity contribution in [2.45, 2.75) is 30.2 Å². The lowest BCUT2D eigenvalue weighted by Crippen LogP contribution is -2.56. The van der Waals surface area contributed by atoms with E-state index in [2.05, 4.69) is 30.8 Å². The lowest BCUT2D eigenvalue weighted by atomic mass is 9.82. The second-order valence-corrected chi connectivity index (χ2v) is 9.24. The van der Waals surface area contributed by atoms with Gasteiger partial charge in [0.15, 0.2) is 5.82 Å². The molecule has 10 nitrogen and oxygen atoms in total. The predicted molar refractivity (Wildman–Crippen MR) is 131 cm³/mol.